The van der Waals surface area contributed by atoms with Crippen molar-refractivity contribution in [3.05, 3.63) is 101 Å². The summed E-state index contributed by atoms with van der Waals surface area (Å²) in [6.07, 6.45) is 3.18. The lowest BCUT2D eigenvalue weighted by molar-refractivity contribution is -0.128. The molecule has 2 aliphatic rings. The van der Waals surface area contributed by atoms with Crippen LogP contribution in [0.4, 0.5) is 5.69 Å². The van der Waals surface area contributed by atoms with Gasteiger partial charge in [-0.15, -0.1) is 11.8 Å². The first-order valence-corrected chi connectivity index (χ1v) is 13.4. The molecule has 0 aliphatic carbocycles. The number of hydrogen-bond acceptors (Lipinski definition) is 4. The Morgan fingerprint density at radius 3 is 2.31 bits per heavy atom. The van der Waals surface area contributed by atoms with Gasteiger partial charge >= 0.3 is 0 Å². The summed E-state index contributed by atoms with van der Waals surface area (Å²) in [4.78, 5) is 42.4. The van der Waals surface area contributed by atoms with Crippen LogP contribution < -0.4 is 5.32 Å². The lowest BCUT2D eigenvalue weighted by Gasteiger charge is -2.27. The number of piperidine rings is 1. The molecule has 0 unspecified atom stereocenters. The van der Waals surface area contributed by atoms with E-state index in [2.05, 4.69) is 5.32 Å². The Bertz CT molecular complexity index is 1240. The lowest BCUT2D eigenvalue weighted by Crippen LogP contribution is -2.36. The van der Waals surface area contributed by atoms with Crippen molar-refractivity contribution in [2.45, 2.75) is 31.2 Å². The molecule has 0 aromatic heterocycles. The van der Waals surface area contributed by atoms with Crippen molar-refractivity contribution < 1.29 is 14.4 Å². The Morgan fingerprint density at radius 2 is 1.56 bits per heavy atom. The van der Waals surface area contributed by atoms with Crippen LogP contribution in [0, 0.1) is 0 Å². The number of amides is 3. The summed E-state index contributed by atoms with van der Waals surface area (Å²) in [5, 5.41) is 2.84. The van der Waals surface area contributed by atoms with Crippen LogP contribution in [-0.2, 0) is 11.3 Å². The maximum atomic E-state index is 13.1. The van der Waals surface area contributed by atoms with Gasteiger partial charge < -0.3 is 15.1 Å². The number of hydrogen-bond donors (Lipinski definition) is 1. The molecule has 5 rings (SSSR count). The van der Waals surface area contributed by atoms with Gasteiger partial charge in [-0.2, -0.15) is 0 Å². The van der Waals surface area contributed by atoms with Crippen molar-refractivity contribution in [1.29, 1.82) is 0 Å². The molecule has 3 aromatic carbocycles. The fourth-order valence-electron chi connectivity index (χ4n) is 4.72. The first kappa shape index (κ1) is 24.1. The van der Waals surface area contributed by atoms with Crippen molar-refractivity contribution >= 4 is 35.2 Å². The number of rotatable bonds is 6. The zero-order valence-corrected chi connectivity index (χ0v) is 20.9. The largest absolute Gasteiger partial charge is 0.339 e. The van der Waals surface area contributed by atoms with E-state index < -0.39 is 0 Å². The fourth-order valence-corrected chi connectivity index (χ4v) is 5.91. The highest BCUT2D eigenvalue weighted by atomic mass is 32.2. The van der Waals surface area contributed by atoms with Crippen LogP contribution in [0.2, 0.25) is 0 Å². The monoisotopic (exact) mass is 499 g/mol. The average molecular weight is 500 g/mol. The Morgan fingerprint density at radius 1 is 0.861 bits per heavy atom. The van der Waals surface area contributed by atoms with Crippen LogP contribution in [-0.4, -0.2) is 46.4 Å². The molecule has 0 radical (unpaired) electrons. The van der Waals surface area contributed by atoms with Gasteiger partial charge in [-0.25, -0.2) is 0 Å². The zero-order chi connectivity index (χ0) is 24.9. The molecule has 3 amide bonds. The molecule has 0 saturated carbocycles. The molecule has 7 heteroatoms. The average Bonchev–Trinajstić information content (AvgIpc) is 3.29. The van der Waals surface area contributed by atoms with Crippen LogP contribution in [0.5, 0.6) is 0 Å². The topological polar surface area (TPSA) is 69.7 Å². The number of para-hydroxylation sites is 1. The van der Waals surface area contributed by atoms with E-state index in [0.717, 1.165) is 43.5 Å². The summed E-state index contributed by atoms with van der Waals surface area (Å²) < 4.78 is 0. The van der Waals surface area contributed by atoms with Crippen molar-refractivity contribution in [3.8, 4) is 0 Å². The highest BCUT2D eigenvalue weighted by Crippen LogP contribution is 2.39. The molecular weight excluding hydrogens is 470 g/mol. The zero-order valence-electron chi connectivity index (χ0n) is 20.1. The third-order valence-corrected chi connectivity index (χ3v) is 7.93. The summed E-state index contributed by atoms with van der Waals surface area (Å²) in [7, 11) is 0. The van der Waals surface area contributed by atoms with Gasteiger partial charge in [0, 0.05) is 25.2 Å². The summed E-state index contributed by atoms with van der Waals surface area (Å²) in [5.41, 5.74) is 3.61. The number of carbonyl (C=O) groups is 3. The lowest BCUT2D eigenvalue weighted by atomic mass is 10.1. The van der Waals surface area contributed by atoms with Gasteiger partial charge in [0.1, 0.15) is 5.37 Å². The molecule has 1 atom stereocenters. The van der Waals surface area contributed by atoms with E-state index in [1.54, 1.807) is 36.0 Å². The Balaban J connectivity index is 1.28. The van der Waals surface area contributed by atoms with Crippen LogP contribution in [0.25, 0.3) is 0 Å². The predicted octanol–water partition coefficient (Wildman–Crippen LogP) is 5.34. The highest BCUT2D eigenvalue weighted by molar-refractivity contribution is 8.00. The fraction of sp³-hybridized carbons (Fsp3) is 0.276. The maximum Gasteiger partial charge on any atom is 0.255 e. The van der Waals surface area contributed by atoms with Crippen LogP contribution in [0.15, 0.2) is 78.9 Å². The van der Waals surface area contributed by atoms with E-state index in [1.807, 2.05) is 64.4 Å². The highest BCUT2D eigenvalue weighted by Gasteiger charge is 2.32. The number of nitrogens with zero attached hydrogens (tertiary/aromatic N) is 2. The molecule has 6 nitrogen and oxygen atoms in total. The van der Waals surface area contributed by atoms with E-state index in [0.29, 0.717) is 29.1 Å². The van der Waals surface area contributed by atoms with Crippen molar-refractivity contribution in [2.75, 3.05) is 24.2 Å². The number of benzene rings is 3. The van der Waals surface area contributed by atoms with Crippen molar-refractivity contribution in [3.63, 3.8) is 0 Å². The molecule has 2 fully saturated rings. The van der Waals surface area contributed by atoms with E-state index in [-0.39, 0.29) is 23.1 Å². The standard InChI is InChI=1S/C29H29N3O3S/c33-26-20-36-29(32(26)19-21-9-3-1-4-10-21)23-15-13-22(14-16-23)27(34)30-25-12-6-5-11-24(25)28(35)31-17-7-2-8-18-31/h1,3-6,9-16,29H,2,7-8,17-20H2,(H,30,34)/t29-/m0/s1. The van der Waals surface area contributed by atoms with Crippen LogP contribution in [0.3, 0.4) is 0 Å². The van der Waals surface area contributed by atoms with Gasteiger partial charge in [-0.3, -0.25) is 14.4 Å². The number of carbonyl (C=O) groups excluding carboxylic acids is 3. The first-order valence-electron chi connectivity index (χ1n) is 12.3. The van der Waals surface area contributed by atoms with Gasteiger partial charge in [0.25, 0.3) is 11.8 Å². The summed E-state index contributed by atoms with van der Waals surface area (Å²) in [6, 6.07) is 24.5. The number of anilines is 1. The van der Waals surface area contributed by atoms with Gasteiger partial charge in [0.2, 0.25) is 5.91 Å². The van der Waals surface area contributed by atoms with Gasteiger partial charge in [0.05, 0.1) is 17.0 Å². The van der Waals surface area contributed by atoms with Crippen molar-refractivity contribution in [1.82, 2.24) is 9.80 Å². The Kier molecular flexibility index (Phi) is 7.37. The quantitative estimate of drug-likeness (QED) is 0.497. The van der Waals surface area contributed by atoms with E-state index in [1.165, 1.54) is 0 Å². The maximum absolute atomic E-state index is 13.1. The van der Waals surface area contributed by atoms with Gasteiger partial charge in [0.15, 0.2) is 0 Å². The molecule has 1 N–H and O–H groups in total. The number of likely N-dealkylation sites (tertiary alicyclic amines) is 1. The summed E-state index contributed by atoms with van der Waals surface area (Å²) >= 11 is 1.60. The van der Waals surface area contributed by atoms with E-state index in [4.69, 9.17) is 0 Å². The van der Waals surface area contributed by atoms with Gasteiger partial charge in [-0.1, -0.05) is 54.6 Å². The third-order valence-electron chi connectivity index (χ3n) is 6.67. The molecular formula is C29H29N3O3S. The minimum atomic E-state index is -0.267. The summed E-state index contributed by atoms with van der Waals surface area (Å²) in [5.74, 6) is 0.256. The molecule has 0 spiro atoms. The van der Waals surface area contributed by atoms with Crippen LogP contribution >= 0.6 is 11.8 Å². The molecule has 2 aliphatic heterocycles. The van der Waals surface area contributed by atoms with E-state index >= 15 is 0 Å². The minimum Gasteiger partial charge on any atom is -0.339 e. The predicted molar refractivity (Wildman–Crippen MR) is 143 cm³/mol. The SMILES string of the molecule is O=C(Nc1ccccc1C(=O)N1CCCCC1)c1ccc([C@@H]2SCC(=O)N2Cc2ccccc2)cc1. The molecule has 3 aromatic rings. The normalized spacial score (nSPS) is 17.8. The van der Waals surface area contributed by atoms with Gasteiger partial charge in [-0.05, 0) is 54.7 Å². The number of nitrogens with one attached hydrogen (secondary N) is 1. The smallest absolute Gasteiger partial charge is 0.255 e. The molecule has 2 heterocycles. The first-order chi connectivity index (χ1) is 17.6. The Labute approximate surface area is 215 Å². The Hall–Kier alpha value is -3.58. The van der Waals surface area contributed by atoms with Crippen molar-refractivity contribution in [2.24, 2.45) is 0 Å². The molecule has 184 valence electrons. The second kappa shape index (κ2) is 11.0. The molecule has 0 bridgehead atoms. The number of thioether (sulfide) groups is 1. The van der Waals surface area contributed by atoms with Crippen LogP contribution in [0.1, 0.15) is 56.5 Å². The minimum absolute atomic E-state index is 0.0395. The summed E-state index contributed by atoms with van der Waals surface area (Å²) in [6.45, 7) is 2.07. The second-order valence-corrected chi connectivity index (χ2v) is 10.2. The van der Waals surface area contributed by atoms with E-state index in [9.17, 15) is 14.4 Å². The molecule has 2 saturated heterocycles. The molecule has 36 heavy (non-hydrogen) atoms. The second-order valence-electron chi connectivity index (χ2n) is 9.15. The third kappa shape index (κ3) is 5.31.